The highest BCUT2D eigenvalue weighted by Gasteiger charge is 2.60. The number of ether oxygens (including phenoxy) is 1. The van der Waals surface area contributed by atoms with Gasteiger partial charge in [0.15, 0.2) is 12.4 Å². The number of Topliss-reactive ketones (excluding diaryl/α,β-unsaturated/α-hetero) is 1. The number of benzene rings is 1. The molecule has 0 aromatic heterocycles. The van der Waals surface area contributed by atoms with Gasteiger partial charge in [-0.2, -0.15) is 0 Å². The van der Waals surface area contributed by atoms with Crippen LogP contribution in [0.2, 0.25) is 0 Å². The maximum absolute atomic E-state index is 12.8. The molecule has 4 saturated carbocycles. The van der Waals surface area contributed by atoms with Crippen LogP contribution < -0.4 is 0 Å². The lowest BCUT2D eigenvalue weighted by atomic mass is 9.48. The van der Waals surface area contributed by atoms with Crippen molar-refractivity contribution >= 4 is 11.8 Å². The highest BCUT2D eigenvalue weighted by Crippen LogP contribution is 2.61. The van der Waals surface area contributed by atoms with Gasteiger partial charge in [0.25, 0.3) is 0 Å². The van der Waals surface area contributed by atoms with Crippen LogP contribution in [-0.4, -0.2) is 29.1 Å². The summed E-state index contributed by atoms with van der Waals surface area (Å²) < 4.78 is 5.45. The van der Waals surface area contributed by atoms with Crippen LogP contribution in [-0.2, 0) is 16.0 Å². The van der Waals surface area contributed by atoms with Crippen molar-refractivity contribution in [3.05, 3.63) is 35.4 Å². The second-order valence-corrected chi connectivity index (χ2v) is 8.52. The average Bonchev–Trinajstić information content (AvgIpc) is 2.57. The van der Waals surface area contributed by atoms with Gasteiger partial charge in [-0.15, -0.1) is 0 Å². The fourth-order valence-corrected chi connectivity index (χ4v) is 5.75. The maximum atomic E-state index is 12.8. The van der Waals surface area contributed by atoms with E-state index >= 15 is 0 Å². The Balaban J connectivity index is 1.41. The number of carbonyl (C=O) groups is 2. The summed E-state index contributed by atoms with van der Waals surface area (Å²) in [6.07, 6.45) is 5.82. The third-order valence-electron chi connectivity index (χ3n) is 6.48. The van der Waals surface area contributed by atoms with Crippen LogP contribution in [0.4, 0.5) is 0 Å². The molecule has 4 heteroatoms. The Kier molecular flexibility index (Phi) is 3.99. The monoisotopic (exact) mass is 342 g/mol. The summed E-state index contributed by atoms with van der Waals surface area (Å²) in [7, 11) is 0. The summed E-state index contributed by atoms with van der Waals surface area (Å²) in [6.45, 7) is 1.86. The van der Waals surface area contributed by atoms with E-state index < -0.39 is 11.0 Å². The van der Waals surface area contributed by atoms with Gasteiger partial charge in [0, 0.05) is 5.56 Å². The first-order chi connectivity index (χ1) is 11.9. The van der Waals surface area contributed by atoms with E-state index in [0.29, 0.717) is 23.8 Å². The fraction of sp³-hybridized carbons (Fsp3) is 0.619. The Morgan fingerprint density at radius 1 is 1.12 bits per heavy atom. The molecule has 4 aliphatic carbocycles. The van der Waals surface area contributed by atoms with E-state index in [1.807, 2.05) is 12.1 Å². The SMILES string of the molecule is CCc1ccc(C(=O)COC(=O)C23C[C@@H]4C[C@@H](CC(O)(C4)C2)C3)cc1. The Hall–Kier alpha value is -1.68. The summed E-state index contributed by atoms with van der Waals surface area (Å²) in [4.78, 5) is 25.1. The first-order valence-corrected chi connectivity index (χ1v) is 9.43. The molecule has 0 amide bonds. The molecule has 134 valence electrons. The lowest BCUT2D eigenvalue weighted by Gasteiger charge is -2.58. The van der Waals surface area contributed by atoms with Gasteiger partial charge >= 0.3 is 5.97 Å². The molecular formula is C21H26O4. The maximum Gasteiger partial charge on any atom is 0.312 e. The van der Waals surface area contributed by atoms with E-state index in [-0.39, 0.29) is 18.4 Å². The third kappa shape index (κ3) is 3.01. The first kappa shape index (κ1) is 16.8. The second kappa shape index (κ2) is 5.94. The van der Waals surface area contributed by atoms with Crippen molar-refractivity contribution in [2.24, 2.45) is 17.3 Å². The lowest BCUT2D eigenvalue weighted by molar-refractivity contribution is -0.195. The molecule has 0 aliphatic heterocycles. The Morgan fingerprint density at radius 3 is 2.32 bits per heavy atom. The van der Waals surface area contributed by atoms with Crippen LogP contribution in [0.15, 0.2) is 24.3 Å². The first-order valence-electron chi connectivity index (χ1n) is 9.43. The molecule has 0 spiro atoms. The molecule has 0 radical (unpaired) electrons. The van der Waals surface area contributed by atoms with Gasteiger partial charge in [0.2, 0.25) is 0 Å². The zero-order valence-electron chi connectivity index (χ0n) is 14.8. The molecule has 4 aliphatic rings. The standard InChI is InChI=1S/C21H26O4/c1-2-14-3-5-17(6-4-14)18(22)12-25-19(23)20-8-15-7-16(9-20)11-21(24,10-15)13-20/h3-6,15-16,24H,2,7-13H2,1H3/t15-,16+,20?,21?. The van der Waals surface area contributed by atoms with Crippen molar-refractivity contribution in [1.82, 2.24) is 0 Å². The van der Waals surface area contributed by atoms with E-state index in [1.54, 1.807) is 12.1 Å². The van der Waals surface area contributed by atoms with E-state index in [1.165, 1.54) is 5.56 Å². The van der Waals surface area contributed by atoms with Crippen LogP contribution in [0, 0.1) is 17.3 Å². The molecule has 5 rings (SSSR count). The minimum absolute atomic E-state index is 0.167. The van der Waals surface area contributed by atoms with Gasteiger partial charge in [-0.25, -0.2) is 0 Å². The zero-order chi connectivity index (χ0) is 17.7. The van der Waals surface area contributed by atoms with Crippen LogP contribution in [0.5, 0.6) is 0 Å². The van der Waals surface area contributed by atoms with Crippen LogP contribution in [0.25, 0.3) is 0 Å². The molecule has 0 heterocycles. The summed E-state index contributed by atoms with van der Waals surface area (Å²) >= 11 is 0. The minimum atomic E-state index is -0.691. The molecule has 25 heavy (non-hydrogen) atoms. The van der Waals surface area contributed by atoms with Gasteiger partial charge in [-0.1, -0.05) is 31.2 Å². The summed E-state index contributed by atoms with van der Waals surface area (Å²) in [5.74, 6) is 0.408. The Morgan fingerprint density at radius 2 is 1.76 bits per heavy atom. The quantitative estimate of drug-likeness (QED) is 0.659. The summed E-state index contributed by atoms with van der Waals surface area (Å²) in [5, 5.41) is 10.7. The highest BCUT2D eigenvalue weighted by atomic mass is 16.5. The van der Waals surface area contributed by atoms with E-state index in [2.05, 4.69) is 6.92 Å². The molecule has 4 atom stereocenters. The smallest absolute Gasteiger partial charge is 0.312 e. The Bertz CT molecular complexity index is 676. The molecule has 4 fully saturated rings. The molecule has 1 N–H and O–H groups in total. The topological polar surface area (TPSA) is 63.6 Å². The van der Waals surface area contributed by atoms with Crippen molar-refractivity contribution in [3.8, 4) is 0 Å². The van der Waals surface area contributed by atoms with Crippen molar-refractivity contribution in [1.29, 1.82) is 0 Å². The van der Waals surface area contributed by atoms with E-state index in [0.717, 1.165) is 38.5 Å². The summed E-state index contributed by atoms with van der Waals surface area (Å²) in [5.41, 5.74) is 0.498. The van der Waals surface area contributed by atoms with Crippen molar-refractivity contribution < 1.29 is 19.4 Å². The zero-order valence-corrected chi connectivity index (χ0v) is 14.8. The molecule has 2 unspecified atom stereocenters. The number of rotatable bonds is 5. The highest BCUT2D eigenvalue weighted by molar-refractivity contribution is 5.98. The van der Waals surface area contributed by atoms with Crippen molar-refractivity contribution in [2.45, 2.75) is 57.5 Å². The number of hydrogen-bond donors (Lipinski definition) is 1. The molecule has 4 nitrogen and oxygen atoms in total. The van der Waals surface area contributed by atoms with Crippen LogP contribution >= 0.6 is 0 Å². The molecule has 4 bridgehead atoms. The third-order valence-corrected chi connectivity index (χ3v) is 6.48. The predicted octanol–water partition coefficient (Wildman–Crippen LogP) is 3.31. The minimum Gasteiger partial charge on any atom is -0.457 e. The second-order valence-electron chi connectivity index (χ2n) is 8.52. The van der Waals surface area contributed by atoms with Crippen LogP contribution in [0.3, 0.4) is 0 Å². The van der Waals surface area contributed by atoms with E-state index in [9.17, 15) is 14.7 Å². The number of aryl methyl sites for hydroxylation is 1. The van der Waals surface area contributed by atoms with Gasteiger partial charge in [-0.05, 0) is 62.3 Å². The lowest BCUT2D eigenvalue weighted by Crippen LogP contribution is -2.58. The number of aliphatic hydroxyl groups is 1. The van der Waals surface area contributed by atoms with Crippen LogP contribution in [0.1, 0.15) is 61.4 Å². The fourth-order valence-electron chi connectivity index (χ4n) is 5.75. The molecular weight excluding hydrogens is 316 g/mol. The normalized spacial score (nSPS) is 35.6. The van der Waals surface area contributed by atoms with Gasteiger partial charge in [-0.3, -0.25) is 9.59 Å². The van der Waals surface area contributed by atoms with Crippen molar-refractivity contribution in [2.75, 3.05) is 6.61 Å². The summed E-state index contributed by atoms with van der Waals surface area (Å²) in [6, 6.07) is 7.46. The number of esters is 1. The molecule has 1 aromatic rings. The molecule has 0 saturated heterocycles. The van der Waals surface area contributed by atoms with Crippen molar-refractivity contribution in [3.63, 3.8) is 0 Å². The van der Waals surface area contributed by atoms with Gasteiger partial charge < -0.3 is 9.84 Å². The predicted molar refractivity (Wildman–Crippen MR) is 93.2 cm³/mol. The van der Waals surface area contributed by atoms with Gasteiger partial charge in [0.05, 0.1) is 11.0 Å². The van der Waals surface area contributed by atoms with E-state index in [4.69, 9.17) is 4.74 Å². The average molecular weight is 342 g/mol. The number of ketones is 1. The largest absolute Gasteiger partial charge is 0.457 e. The number of carbonyl (C=O) groups excluding carboxylic acids is 2. The van der Waals surface area contributed by atoms with Gasteiger partial charge in [0.1, 0.15) is 0 Å². The molecule has 1 aromatic carbocycles. The Labute approximate surface area is 148 Å². The number of hydrogen-bond acceptors (Lipinski definition) is 4.